The molecule has 0 fully saturated rings. The number of para-hydroxylation sites is 1. The maximum Gasteiger partial charge on any atom is 0.128 e. The number of anilines is 1. The van der Waals surface area contributed by atoms with Crippen LogP contribution in [0.2, 0.25) is 0 Å². The van der Waals surface area contributed by atoms with Crippen LogP contribution >= 0.6 is 0 Å². The van der Waals surface area contributed by atoms with Gasteiger partial charge in [-0.2, -0.15) is 5.10 Å². The normalized spacial score (nSPS) is 13.5. The number of aryl methyl sites for hydroxylation is 3. The van der Waals surface area contributed by atoms with Crippen LogP contribution in [-0.2, 0) is 25.8 Å². The van der Waals surface area contributed by atoms with E-state index in [1.54, 1.807) is 0 Å². The summed E-state index contributed by atoms with van der Waals surface area (Å²) in [7, 11) is 0. The Balaban J connectivity index is 1.56. The van der Waals surface area contributed by atoms with Crippen molar-refractivity contribution in [3.8, 4) is 16.9 Å². The van der Waals surface area contributed by atoms with E-state index in [2.05, 4.69) is 104 Å². The molecule has 0 unspecified atom stereocenters. The van der Waals surface area contributed by atoms with Gasteiger partial charge in [-0.15, -0.1) is 0 Å². The third-order valence-corrected chi connectivity index (χ3v) is 8.16. The Morgan fingerprint density at radius 1 is 0.974 bits per heavy atom. The summed E-state index contributed by atoms with van der Waals surface area (Å²) in [5.41, 5.74) is 12.6. The van der Waals surface area contributed by atoms with Crippen LogP contribution in [0.15, 0.2) is 60.9 Å². The SMILES string of the molecule is CCc1cccc(CC)c1-n1nc2c(c1-c1ccc(C)c3[nH]ccc13)CN(c1ccc(C(C)C)cn1)CC2. The van der Waals surface area contributed by atoms with Crippen molar-refractivity contribution in [3.63, 3.8) is 0 Å². The Kier molecular flexibility index (Phi) is 6.30. The second kappa shape index (κ2) is 9.79. The first-order valence-corrected chi connectivity index (χ1v) is 14.0. The van der Waals surface area contributed by atoms with E-state index in [0.717, 1.165) is 38.2 Å². The van der Waals surface area contributed by atoms with Gasteiger partial charge in [-0.25, -0.2) is 9.67 Å². The molecule has 0 atom stereocenters. The highest BCUT2D eigenvalue weighted by Gasteiger charge is 2.29. The van der Waals surface area contributed by atoms with E-state index in [1.807, 2.05) is 6.20 Å². The molecule has 6 rings (SSSR count). The summed E-state index contributed by atoms with van der Waals surface area (Å²) in [6.45, 7) is 12.8. The quantitative estimate of drug-likeness (QED) is 0.260. The number of benzene rings is 2. The van der Waals surface area contributed by atoms with Crippen molar-refractivity contribution in [3.05, 3.63) is 94.4 Å². The number of H-pyrrole nitrogens is 1. The lowest BCUT2D eigenvalue weighted by molar-refractivity contribution is 0.704. The lowest BCUT2D eigenvalue weighted by Gasteiger charge is -2.28. The number of rotatable bonds is 6. The van der Waals surface area contributed by atoms with Gasteiger partial charge in [0.15, 0.2) is 0 Å². The molecule has 4 heterocycles. The number of fused-ring (bicyclic) bond motifs is 2. The van der Waals surface area contributed by atoms with Crippen molar-refractivity contribution in [1.29, 1.82) is 0 Å². The maximum atomic E-state index is 5.35. The molecule has 5 heteroatoms. The predicted octanol–water partition coefficient (Wildman–Crippen LogP) is 7.53. The first-order valence-electron chi connectivity index (χ1n) is 14.0. The maximum absolute atomic E-state index is 5.35. The molecule has 1 aliphatic rings. The number of hydrogen-bond acceptors (Lipinski definition) is 3. The van der Waals surface area contributed by atoms with Gasteiger partial charge in [0.25, 0.3) is 0 Å². The Morgan fingerprint density at radius 3 is 2.45 bits per heavy atom. The molecule has 0 bridgehead atoms. The Bertz CT molecular complexity index is 1580. The van der Waals surface area contributed by atoms with Crippen LogP contribution in [0.5, 0.6) is 0 Å². The molecular formula is C33H37N5. The van der Waals surface area contributed by atoms with Gasteiger partial charge in [0.2, 0.25) is 0 Å². The molecule has 0 spiro atoms. The standard InChI is InChI=1S/C33H37N5/c1-6-23-9-8-10-24(7-2)32(23)38-33(27-13-11-22(5)31-26(27)15-17-34-31)28-20-37(18-16-29(28)36-38)30-14-12-25(19-35-30)21(3)4/h8-15,17,19,21,34H,6-7,16,18,20H2,1-5H3. The Hall–Kier alpha value is -3.86. The summed E-state index contributed by atoms with van der Waals surface area (Å²) in [6, 6.07) is 17.8. The van der Waals surface area contributed by atoms with E-state index >= 15 is 0 Å². The van der Waals surface area contributed by atoms with Crippen LogP contribution in [0, 0.1) is 6.92 Å². The van der Waals surface area contributed by atoms with E-state index < -0.39 is 0 Å². The highest BCUT2D eigenvalue weighted by Crippen LogP contribution is 2.39. The molecule has 3 aromatic heterocycles. The van der Waals surface area contributed by atoms with Crippen LogP contribution in [0.1, 0.15) is 67.1 Å². The molecular weight excluding hydrogens is 466 g/mol. The number of hydrogen-bond donors (Lipinski definition) is 1. The van der Waals surface area contributed by atoms with E-state index in [-0.39, 0.29) is 0 Å². The van der Waals surface area contributed by atoms with Crippen molar-refractivity contribution in [2.75, 3.05) is 11.4 Å². The molecule has 0 saturated heterocycles. The lowest BCUT2D eigenvalue weighted by atomic mass is 9.96. The summed E-state index contributed by atoms with van der Waals surface area (Å²) in [5, 5.41) is 6.60. The zero-order valence-electron chi connectivity index (χ0n) is 23.2. The van der Waals surface area contributed by atoms with Crippen LogP contribution in [0.3, 0.4) is 0 Å². The van der Waals surface area contributed by atoms with Crippen molar-refractivity contribution < 1.29 is 0 Å². The summed E-state index contributed by atoms with van der Waals surface area (Å²) >= 11 is 0. The average Bonchev–Trinajstić information content (AvgIpc) is 3.58. The number of nitrogens with zero attached hydrogens (tertiary/aromatic N) is 4. The molecule has 0 aliphatic carbocycles. The summed E-state index contributed by atoms with van der Waals surface area (Å²) in [4.78, 5) is 10.8. The molecule has 0 saturated carbocycles. The fourth-order valence-electron chi connectivity index (χ4n) is 5.93. The largest absolute Gasteiger partial charge is 0.361 e. The average molecular weight is 504 g/mol. The molecule has 0 amide bonds. The van der Waals surface area contributed by atoms with Crippen molar-refractivity contribution >= 4 is 16.7 Å². The third-order valence-electron chi connectivity index (χ3n) is 8.16. The number of aromatic nitrogens is 4. The van der Waals surface area contributed by atoms with Crippen molar-refractivity contribution in [2.24, 2.45) is 0 Å². The van der Waals surface area contributed by atoms with Gasteiger partial charge in [0.05, 0.1) is 17.1 Å². The van der Waals surface area contributed by atoms with Crippen LogP contribution < -0.4 is 4.90 Å². The highest BCUT2D eigenvalue weighted by atomic mass is 15.3. The van der Waals surface area contributed by atoms with Gasteiger partial charge in [-0.3, -0.25) is 0 Å². The second-order valence-electron chi connectivity index (χ2n) is 10.8. The zero-order chi connectivity index (χ0) is 26.4. The van der Waals surface area contributed by atoms with E-state index in [9.17, 15) is 0 Å². The minimum Gasteiger partial charge on any atom is -0.361 e. The van der Waals surface area contributed by atoms with E-state index in [4.69, 9.17) is 10.1 Å². The fourth-order valence-corrected chi connectivity index (χ4v) is 5.93. The van der Waals surface area contributed by atoms with Gasteiger partial charge >= 0.3 is 0 Å². The van der Waals surface area contributed by atoms with Gasteiger partial charge in [0.1, 0.15) is 5.82 Å². The number of pyridine rings is 1. The van der Waals surface area contributed by atoms with Gasteiger partial charge in [-0.1, -0.05) is 64.1 Å². The summed E-state index contributed by atoms with van der Waals surface area (Å²) in [6.07, 6.45) is 6.94. The molecule has 1 aliphatic heterocycles. The predicted molar refractivity (Wildman–Crippen MR) is 157 cm³/mol. The molecule has 1 N–H and O–H groups in total. The van der Waals surface area contributed by atoms with E-state index in [0.29, 0.717) is 5.92 Å². The smallest absolute Gasteiger partial charge is 0.128 e. The summed E-state index contributed by atoms with van der Waals surface area (Å²) in [5.74, 6) is 1.52. The topological polar surface area (TPSA) is 49.7 Å². The van der Waals surface area contributed by atoms with Gasteiger partial charge in [0, 0.05) is 53.9 Å². The van der Waals surface area contributed by atoms with Crippen LogP contribution in [-0.4, -0.2) is 26.3 Å². The fraction of sp³-hybridized carbons (Fsp3) is 0.333. The number of aromatic amines is 1. The molecule has 5 aromatic rings. The summed E-state index contributed by atoms with van der Waals surface area (Å²) < 4.78 is 2.28. The molecule has 5 nitrogen and oxygen atoms in total. The Morgan fingerprint density at radius 2 is 1.76 bits per heavy atom. The van der Waals surface area contributed by atoms with Gasteiger partial charge < -0.3 is 9.88 Å². The molecule has 38 heavy (non-hydrogen) atoms. The number of nitrogens with one attached hydrogen (secondary N) is 1. The Labute approximate surface area is 225 Å². The molecule has 0 radical (unpaired) electrons. The first-order chi connectivity index (χ1) is 18.5. The van der Waals surface area contributed by atoms with Crippen LogP contribution in [0.25, 0.3) is 27.8 Å². The third kappa shape index (κ3) is 4.01. The highest BCUT2D eigenvalue weighted by molar-refractivity contribution is 5.97. The monoisotopic (exact) mass is 503 g/mol. The molecule has 194 valence electrons. The lowest BCUT2D eigenvalue weighted by Crippen LogP contribution is -2.30. The minimum absolute atomic E-state index is 0.478. The zero-order valence-corrected chi connectivity index (χ0v) is 23.2. The van der Waals surface area contributed by atoms with Crippen LogP contribution in [0.4, 0.5) is 5.82 Å². The molecule has 2 aromatic carbocycles. The van der Waals surface area contributed by atoms with E-state index in [1.165, 1.54) is 61.4 Å². The van der Waals surface area contributed by atoms with Crippen molar-refractivity contribution in [2.45, 2.75) is 66.3 Å². The van der Waals surface area contributed by atoms with Gasteiger partial charge in [-0.05, 0) is 60.1 Å². The second-order valence-corrected chi connectivity index (χ2v) is 10.8. The minimum atomic E-state index is 0.478. The first kappa shape index (κ1) is 24.5. The van der Waals surface area contributed by atoms with Crippen molar-refractivity contribution in [1.82, 2.24) is 19.7 Å².